The van der Waals surface area contributed by atoms with E-state index in [1.807, 2.05) is 43.4 Å². The van der Waals surface area contributed by atoms with E-state index in [1.54, 1.807) is 0 Å². The van der Waals surface area contributed by atoms with Gasteiger partial charge in [0.1, 0.15) is 0 Å². The number of unbranched alkanes of at least 4 members (excludes halogenated alkanes) is 3. The van der Waals surface area contributed by atoms with Crippen molar-refractivity contribution in [3.05, 3.63) is 36.5 Å². The van der Waals surface area contributed by atoms with E-state index in [1.165, 1.54) is 31.1 Å². The van der Waals surface area contributed by atoms with Gasteiger partial charge in [0, 0.05) is 18.2 Å². The molecule has 0 aliphatic carbocycles. The van der Waals surface area contributed by atoms with E-state index in [0.29, 0.717) is 0 Å². The zero-order chi connectivity index (χ0) is 16.6. The van der Waals surface area contributed by atoms with E-state index in [2.05, 4.69) is 13.8 Å². The SMILES string of the molecule is CCC=CC#N.CCCC=CC#N.CCCCC=CC#N. The topological polar surface area (TPSA) is 71.4 Å². The normalized spacial score (nSPS) is 9.14. The van der Waals surface area contributed by atoms with Crippen LogP contribution in [0.4, 0.5) is 0 Å². The zero-order valence-electron chi connectivity index (χ0n) is 13.5. The molecule has 0 N–H and O–H groups in total. The fourth-order valence-corrected chi connectivity index (χ4v) is 0.931. The van der Waals surface area contributed by atoms with Crippen LogP contribution in [-0.2, 0) is 0 Å². The first kappa shape index (κ1) is 23.8. The number of rotatable bonds is 6. The van der Waals surface area contributed by atoms with E-state index in [-0.39, 0.29) is 0 Å². The van der Waals surface area contributed by atoms with Gasteiger partial charge in [-0.25, -0.2) is 0 Å². The molecule has 114 valence electrons. The van der Waals surface area contributed by atoms with Crippen molar-refractivity contribution in [1.82, 2.24) is 0 Å². The monoisotopic (exact) mass is 285 g/mol. The third-order valence-corrected chi connectivity index (χ3v) is 1.99. The second kappa shape index (κ2) is 30.6. The summed E-state index contributed by atoms with van der Waals surface area (Å²) in [6.07, 6.45) is 16.7. The molecule has 0 aromatic carbocycles. The van der Waals surface area contributed by atoms with Gasteiger partial charge in [0.25, 0.3) is 0 Å². The molecular weight excluding hydrogens is 258 g/mol. The average molecular weight is 285 g/mol. The molecule has 0 saturated carbocycles. The zero-order valence-corrected chi connectivity index (χ0v) is 13.5. The van der Waals surface area contributed by atoms with Crippen LogP contribution in [0.25, 0.3) is 0 Å². The Kier molecular flexibility index (Phi) is 34.6. The maximum Gasteiger partial charge on any atom is 0.0908 e. The highest BCUT2D eigenvalue weighted by atomic mass is 14.2. The van der Waals surface area contributed by atoms with Crippen LogP contribution in [0.3, 0.4) is 0 Å². The molecule has 21 heavy (non-hydrogen) atoms. The molecule has 0 radical (unpaired) electrons. The van der Waals surface area contributed by atoms with Crippen molar-refractivity contribution in [3.8, 4) is 18.2 Å². The van der Waals surface area contributed by atoms with E-state index in [0.717, 1.165) is 25.7 Å². The highest BCUT2D eigenvalue weighted by molar-refractivity contribution is 5.01. The first-order valence-corrected chi connectivity index (χ1v) is 7.38. The quantitative estimate of drug-likeness (QED) is 0.471. The standard InChI is InChI=1S/C7H11N.C6H9N.C5H7N/c1-2-3-4-5-6-7-8;1-2-3-4-5-6-7;1-2-3-4-5-6/h5-6H,2-4H2,1H3;4-5H,2-3H2,1H3;3-4H,2H2,1H3. The molecule has 3 heteroatoms. The Morgan fingerprint density at radius 3 is 1.48 bits per heavy atom. The summed E-state index contributed by atoms with van der Waals surface area (Å²) < 4.78 is 0. The number of hydrogen-bond donors (Lipinski definition) is 0. The lowest BCUT2D eigenvalue weighted by Gasteiger charge is -1.83. The third-order valence-electron chi connectivity index (χ3n) is 1.99. The highest BCUT2D eigenvalue weighted by Crippen LogP contribution is 1.93. The van der Waals surface area contributed by atoms with Gasteiger partial charge in [-0.2, -0.15) is 15.8 Å². The van der Waals surface area contributed by atoms with Crippen LogP contribution in [0, 0.1) is 34.0 Å². The molecule has 0 aromatic heterocycles. The van der Waals surface area contributed by atoms with Gasteiger partial charge in [-0.15, -0.1) is 0 Å². The molecule has 0 bridgehead atoms. The van der Waals surface area contributed by atoms with Crippen LogP contribution >= 0.6 is 0 Å². The average Bonchev–Trinajstić information content (AvgIpc) is 2.51. The molecule has 0 atom stereocenters. The molecule has 0 aliphatic rings. The molecule has 0 amide bonds. The lowest BCUT2D eigenvalue weighted by Crippen LogP contribution is -1.64. The van der Waals surface area contributed by atoms with Crippen molar-refractivity contribution in [3.63, 3.8) is 0 Å². The van der Waals surface area contributed by atoms with Crippen molar-refractivity contribution in [2.45, 2.75) is 59.3 Å². The number of hydrogen-bond acceptors (Lipinski definition) is 3. The first-order valence-electron chi connectivity index (χ1n) is 7.38. The molecule has 0 unspecified atom stereocenters. The van der Waals surface area contributed by atoms with Gasteiger partial charge in [-0.3, -0.25) is 0 Å². The minimum Gasteiger partial charge on any atom is -0.193 e. The molecule has 0 aliphatic heterocycles. The van der Waals surface area contributed by atoms with E-state index in [4.69, 9.17) is 15.8 Å². The van der Waals surface area contributed by atoms with Gasteiger partial charge in [0.15, 0.2) is 0 Å². The summed E-state index contributed by atoms with van der Waals surface area (Å²) in [4.78, 5) is 0. The van der Waals surface area contributed by atoms with Crippen LogP contribution in [-0.4, -0.2) is 0 Å². The van der Waals surface area contributed by atoms with Crippen LogP contribution in [0.2, 0.25) is 0 Å². The molecule has 0 saturated heterocycles. The molecule has 0 heterocycles. The Balaban J connectivity index is -0.000000234. The van der Waals surface area contributed by atoms with Gasteiger partial charge in [-0.1, -0.05) is 58.3 Å². The Morgan fingerprint density at radius 1 is 0.667 bits per heavy atom. The van der Waals surface area contributed by atoms with Gasteiger partial charge in [0.2, 0.25) is 0 Å². The maximum atomic E-state index is 8.03. The fourth-order valence-electron chi connectivity index (χ4n) is 0.931. The molecule has 0 aromatic rings. The second-order valence-corrected chi connectivity index (χ2v) is 3.93. The Hall–Kier alpha value is -2.31. The van der Waals surface area contributed by atoms with Crippen molar-refractivity contribution >= 4 is 0 Å². The van der Waals surface area contributed by atoms with Crippen molar-refractivity contribution in [2.75, 3.05) is 0 Å². The van der Waals surface area contributed by atoms with Crippen LogP contribution < -0.4 is 0 Å². The smallest absolute Gasteiger partial charge is 0.0908 e. The lowest BCUT2D eigenvalue weighted by atomic mass is 10.2. The summed E-state index contributed by atoms with van der Waals surface area (Å²) in [6, 6.07) is 5.76. The summed E-state index contributed by atoms with van der Waals surface area (Å²) in [7, 11) is 0. The van der Waals surface area contributed by atoms with Crippen molar-refractivity contribution in [1.29, 1.82) is 15.8 Å². The van der Waals surface area contributed by atoms with Crippen LogP contribution in [0.5, 0.6) is 0 Å². The third kappa shape index (κ3) is 46.4. The van der Waals surface area contributed by atoms with E-state index in [9.17, 15) is 0 Å². The maximum absolute atomic E-state index is 8.03. The highest BCUT2D eigenvalue weighted by Gasteiger charge is 1.74. The Bertz CT molecular complexity index is 384. The van der Waals surface area contributed by atoms with Crippen molar-refractivity contribution < 1.29 is 0 Å². The molecule has 0 spiro atoms. The first-order chi connectivity index (χ1) is 10.2. The summed E-state index contributed by atoms with van der Waals surface area (Å²) in [5.74, 6) is 0. The van der Waals surface area contributed by atoms with E-state index < -0.39 is 0 Å². The summed E-state index contributed by atoms with van der Waals surface area (Å²) in [5.41, 5.74) is 0. The summed E-state index contributed by atoms with van der Waals surface area (Å²) in [5, 5.41) is 23.8. The lowest BCUT2D eigenvalue weighted by molar-refractivity contribution is 0.815. The van der Waals surface area contributed by atoms with Crippen molar-refractivity contribution in [2.24, 2.45) is 0 Å². The number of nitriles is 3. The minimum atomic E-state index is 0.952. The molecule has 0 fully saturated rings. The predicted molar refractivity (Wildman–Crippen MR) is 89.0 cm³/mol. The van der Waals surface area contributed by atoms with E-state index >= 15 is 0 Å². The Morgan fingerprint density at radius 2 is 1.14 bits per heavy atom. The number of nitrogens with zero attached hydrogens (tertiary/aromatic N) is 3. The van der Waals surface area contributed by atoms with Gasteiger partial charge in [0.05, 0.1) is 18.2 Å². The predicted octanol–water partition coefficient (Wildman–Crippen LogP) is 5.60. The minimum absolute atomic E-state index is 0.952. The van der Waals surface area contributed by atoms with Gasteiger partial charge in [-0.05, 0) is 19.3 Å². The molecule has 0 rings (SSSR count). The largest absolute Gasteiger partial charge is 0.193 e. The second-order valence-electron chi connectivity index (χ2n) is 3.93. The summed E-state index contributed by atoms with van der Waals surface area (Å²) in [6.45, 7) is 6.22. The van der Waals surface area contributed by atoms with Crippen LogP contribution in [0.15, 0.2) is 36.5 Å². The van der Waals surface area contributed by atoms with Gasteiger partial charge < -0.3 is 0 Å². The molecular formula is C18H27N3. The molecule has 3 nitrogen and oxygen atoms in total. The summed E-state index contributed by atoms with van der Waals surface area (Å²) >= 11 is 0. The number of allylic oxidation sites excluding steroid dienone is 6. The fraction of sp³-hybridized carbons (Fsp3) is 0.500. The Labute approximate surface area is 130 Å². The van der Waals surface area contributed by atoms with Crippen LogP contribution in [0.1, 0.15) is 59.3 Å². The van der Waals surface area contributed by atoms with Gasteiger partial charge >= 0.3 is 0 Å².